The van der Waals surface area contributed by atoms with Crippen molar-refractivity contribution >= 4 is 0 Å². The summed E-state index contributed by atoms with van der Waals surface area (Å²) in [6.07, 6.45) is 15.4. The molecule has 0 aromatic rings. The summed E-state index contributed by atoms with van der Waals surface area (Å²) in [5, 5.41) is 21.5. The van der Waals surface area contributed by atoms with E-state index in [1.807, 2.05) is 0 Å². The van der Waals surface area contributed by atoms with Crippen molar-refractivity contribution in [1.82, 2.24) is 0 Å². The second kappa shape index (κ2) is 8.46. The van der Waals surface area contributed by atoms with Crippen LogP contribution >= 0.6 is 0 Å². The fourth-order valence-corrected chi connectivity index (χ4v) is 8.70. The van der Waals surface area contributed by atoms with Crippen LogP contribution in [-0.4, -0.2) is 21.9 Å². The Morgan fingerprint density at radius 2 is 1.81 bits per heavy atom. The average molecular weight is 431 g/mol. The van der Waals surface area contributed by atoms with Gasteiger partial charge in [-0.25, -0.2) is 0 Å². The minimum absolute atomic E-state index is 0.00401. The van der Waals surface area contributed by atoms with Crippen LogP contribution in [0.5, 0.6) is 0 Å². The van der Waals surface area contributed by atoms with Gasteiger partial charge in [-0.05, 0) is 117 Å². The molecule has 4 aliphatic rings. The van der Waals surface area contributed by atoms with Gasteiger partial charge in [0.05, 0.1) is 11.7 Å². The van der Waals surface area contributed by atoms with Crippen LogP contribution in [0.1, 0.15) is 112 Å². The highest BCUT2D eigenvalue weighted by molar-refractivity contribution is 5.22. The van der Waals surface area contributed by atoms with E-state index < -0.39 is 5.60 Å². The number of hydrogen-bond donors (Lipinski definition) is 2. The molecule has 9 atom stereocenters. The van der Waals surface area contributed by atoms with E-state index in [0.717, 1.165) is 55.3 Å². The Bertz CT molecular complexity index is 675. The second-order valence-electron chi connectivity index (χ2n) is 13.5. The lowest BCUT2D eigenvalue weighted by Gasteiger charge is -2.55. The molecule has 178 valence electrons. The molecule has 3 fully saturated rings. The summed E-state index contributed by atoms with van der Waals surface area (Å²) in [4.78, 5) is 0. The molecule has 0 aromatic carbocycles. The Morgan fingerprint density at radius 1 is 1.06 bits per heavy atom. The molecule has 0 spiro atoms. The first-order valence-corrected chi connectivity index (χ1v) is 13.6. The SMILES string of the molecule is CC[C@]1(O)CC[C@H]2C(=CC[C@@H]3C2CC[C@]2(C)[C@@H]([C@H](C)CC[C@H](O)C(C)(C)C)CC[C@@H]32)C1. The van der Waals surface area contributed by atoms with Crippen molar-refractivity contribution in [2.45, 2.75) is 124 Å². The van der Waals surface area contributed by atoms with Crippen molar-refractivity contribution in [3.05, 3.63) is 11.6 Å². The van der Waals surface area contributed by atoms with Crippen molar-refractivity contribution in [3.63, 3.8) is 0 Å². The van der Waals surface area contributed by atoms with E-state index in [4.69, 9.17) is 0 Å². The van der Waals surface area contributed by atoms with Crippen molar-refractivity contribution in [2.75, 3.05) is 0 Å². The molecule has 0 amide bonds. The zero-order valence-electron chi connectivity index (χ0n) is 21.3. The van der Waals surface area contributed by atoms with Gasteiger partial charge in [0.1, 0.15) is 0 Å². The topological polar surface area (TPSA) is 40.5 Å². The maximum Gasteiger partial charge on any atom is 0.0682 e. The largest absolute Gasteiger partial charge is 0.393 e. The molecular formula is C29H50O2. The summed E-state index contributed by atoms with van der Waals surface area (Å²) in [7, 11) is 0. The standard InChI is InChI=1S/C29H50O2/c1-7-29(31)17-15-21-20(18-29)9-10-23-22(21)14-16-28(6)24(11-12-25(23)28)19(2)8-13-26(30)27(3,4)5/h9,19,21-26,30-31H,7-8,10-18H2,1-6H3/t19-,21+,22?,23-,24-,25+,26+,28-,29+/m1/s1. The molecule has 4 rings (SSSR count). The quantitative estimate of drug-likeness (QED) is 0.455. The van der Waals surface area contributed by atoms with Gasteiger partial charge < -0.3 is 10.2 Å². The molecule has 2 heteroatoms. The minimum atomic E-state index is -0.427. The molecule has 4 aliphatic carbocycles. The van der Waals surface area contributed by atoms with Crippen molar-refractivity contribution < 1.29 is 10.2 Å². The molecule has 2 N–H and O–H groups in total. The Kier molecular flexibility index (Phi) is 6.50. The van der Waals surface area contributed by atoms with Crippen molar-refractivity contribution in [1.29, 1.82) is 0 Å². The van der Waals surface area contributed by atoms with Gasteiger partial charge in [0.15, 0.2) is 0 Å². The molecule has 0 heterocycles. The Labute approximate surface area is 192 Å². The van der Waals surface area contributed by atoms with Gasteiger partial charge in [-0.15, -0.1) is 0 Å². The first-order chi connectivity index (χ1) is 14.5. The van der Waals surface area contributed by atoms with Gasteiger partial charge in [-0.2, -0.15) is 0 Å². The van der Waals surface area contributed by atoms with E-state index in [0.29, 0.717) is 11.3 Å². The van der Waals surface area contributed by atoms with E-state index in [-0.39, 0.29) is 11.5 Å². The summed E-state index contributed by atoms with van der Waals surface area (Å²) in [6.45, 7) is 13.7. The van der Waals surface area contributed by atoms with Gasteiger partial charge in [0.25, 0.3) is 0 Å². The first-order valence-electron chi connectivity index (χ1n) is 13.6. The van der Waals surface area contributed by atoms with Crippen LogP contribution in [0, 0.1) is 46.3 Å². The van der Waals surface area contributed by atoms with E-state index in [2.05, 4.69) is 47.6 Å². The number of hydrogen-bond acceptors (Lipinski definition) is 2. The third kappa shape index (κ3) is 4.30. The molecule has 31 heavy (non-hydrogen) atoms. The number of fused-ring (bicyclic) bond motifs is 5. The molecule has 0 radical (unpaired) electrons. The van der Waals surface area contributed by atoms with Crippen LogP contribution in [0.15, 0.2) is 11.6 Å². The Hall–Kier alpha value is -0.340. The predicted molar refractivity (Wildman–Crippen MR) is 130 cm³/mol. The highest BCUT2D eigenvalue weighted by atomic mass is 16.3. The average Bonchev–Trinajstić information content (AvgIpc) is 3.08. The predicted octanol–water partition coefficient (Wildman–Crippen LogP) is 7.14. The monoisotopic (exact) mass is 430 g/mol. The number of rotatable bonds is 5. The maximum atomic E-state index is 10.9. The zero-order chi connectivity index (χ0) is 22.6. The summed E-state index contributed by atoms with van der Waals surface area (Å²) in [5.41, 5.74) is 1.68. The highest BCUT2D eigenvalue weighted by Crippen LogP contribution is 2.65. The van der Waals surface area contributed by atoms with E-state index >= 15 is 0 Å². The fourth-order valence-electron chi connectivity index (χ4n) is 8.70. The van der Waals surface area contributed by atoms with Crippen LogP contribution in [0.25, 0.3) is 0 Å². The van der Waals surface area contributed by atoms with Crippen LogP contribution in [0.4, 0.5) is 0 Å². The molecule has 1 unspecified atom stereocenters. The molecule has 2 nitrogen and oxygen atoms in total. The lowest BCUT2D eigenvalue weighted by molar-refractivity contribution is -0.0471. The van der Waals surface area contributed by atoms with Crippen molar-refractivity contribution in [2.24, 2.45) is 46.3 Å². The molecule has 0 bridgehead atoms. The summed E-state index contributed by atoms with van der Waals surface area (Å²) < 4.78 is 0. The second-order valence-corrected chi connectivity index (χ2v) is 13.5. The van der Waals surface area contributed by atoms with Crippen LogP contribution in [0.2, 0.25) is 0 Å². The Morgan fingerprint density at radius 3 is 2.48 bits per heavy atom. The molecule has 3 saturated carbocycles. The zero-order valence-corrected chi connectivity index (χ0v) is 21.3. The van der Waals surface area contributed by atoms with Gasteiger partial charge in [0, 0.05) is 0 Å². The van der Waals surface area contributed by atoms with E-state index in [1.165, 1.54) is 44.9 Å². The first kappa shape index (κ1) is 23.8. The maximum absolute atomic E-state index is 10.9. The summed E-state index contributed by atoms with van der Waals surface area (Å²) in [5.74, 6) is 4.93. The lowest BCUT2D eigenvalue weighted by atomic mass is 9.50. The normalized spacial score (nSPS) is 44.6. The smallest absolute Gasteiger partial charge is 0.0682 e. The van der Waals surface area contributed by atoms with Gasteiger partial charge in [0.2, 0.25) is 0 Å². The van der Waals surface area contributed by atoms with Crippen molar-refractivity contribution in [3.8, 4) is 0 Å². The van der Waals surface area contributed by atoms with Crippen LogP contribution in [-0.2, 0) is 0 Å². The van der Waals surface area contributed by atoms with Gasteiger partial charge >= 0.3 is 0 Å². The third-order valence-electron chi connectivity index (χ3n) is 10.9. The molecule has 0 aromatic heterocycles. The highest BCUT2D eigenvalue weighted by Gasteiger charge is 2.57. The van der Waals surface area contributed by atoms with Crippen LogP contribution in [0.3, 0.4) is 0 Å². The fraction of sp³-hybridized carbons (Fsp3) is 0.931. The third-order valence-corrected chi connectivity index (χ3v) is 10.9. The number of aliphatic hydroxyl groups is 2. The van der Waals surface area contributed by atoms with Crippen LogP contribution < -0.4 is 0 Å². The summed E-state index contributed by atoms with van der Waals surface area (Å²) in [6, 6.07) is 0. The van der Waals surface area contributed by atoms with E-state index in [1.54, 1.807) is 5.57 Å². The lowest BCUT2D eigenvalue weighted by Crippen LogP contribution is -2.48. The summed E-state index contributed by atoms with van der Waals surface area (Å²) >= 11 is 0. The van der Waals surface area contributed by atoms with E-state index in [9.17, 15) is 10.2 Å². The number of aliphatic hydroxyl groups excluding tert-OH is 1. The Balaban J connectivity index is 1.44. The molecule has 0 saturated heterocycles. The van der Waals surface area contributed by atoms with Gasteiger partial charge in [-0.3, -0.25) is 0 Å². The molecular weight excluding hydrogens is 380 g/mol. The van der Waals surface area contributed by atoms with Gasteiger partial charge in [-0.1, -0.05) is 53.2 Å². The molecule has 0 aliphatic heterocycles. The minimum Gasteiger partial charge on any atom is -0.393 e. The number of allylic oxidation sites excluding steroid dienone is 1.